The predicted octanol–water partition coefficient (Wildman–Crippen LogP) is 3.59. The summed E-state index contributed by atoms with van der Waals surface area (Å²) in [5.74, 6) is 2.83. The summed E-state index contributed by atoms with van der Waals surface area (Å²) in [5, 5.41) is 0.551. The highest BCUT2D eigenvalue weighted by atomic mass is 35.5. The standard InChI is InChI=1S/C15H17ClO3S/c16-12-1-2-14(11(7-12)9-17)19-13-3-5-18-15(8-13)4-6-20-10-15/h1-2,7,9,13H,3-6,8,10H2. The molecule has 1 aromatic rings. The van der Waals surface area contributed by atoms with E-state index in [-0.39, 0.29) is 11.7 Å². The van der Waals surface area contributed by atoms with E-state index in [9.17, 15) is 4.79 Å². The van der Waals surface area contributed by atoms with Crippen molar-refractivity contribution in [3.8, 4) is 5.75 Å². The van der Waals surface area contributed by atoms with Crippen LogP contribution in [0.4, 0.5) is 0 Å². The van der Waals surface area contributed by atoms with Crippen LogP contribution in [-0.4, -0.2) is 36.1 Å². The van der Waals surface area contributed by atoms with Crippen LogP contribution >= 0.6 is 23.4 Å². The maximum absolute atomic E-state index is 11.1. The summed E-state index contributed by atoms with van der Waals surface area (Å²) in [5.41, 5.74) is 0.500. The molecule has 2 saturated heterocycles. The first kappa shape index (κ1) is 14.2. The first-order valence-electron chi connectivity index (χ1n) is 6.84. The van der Waals surface area contributed by atoms with Gasteiger partial charge in [0.05, 0.1) is 17.8 Å². The molecule has 2 heterocycles. The molecule has 0 aromatic heterocycles. The average Bonchev–Trinajstić information content (AvgIpc) is 2.89. The van der Waals surface area contributed by atoms with Gasteiger partial charge in [-0.05, 0) is 30.4 Å². The Bertz CT molecular complexity index is 500. The summed E-state index contributed by atoms with van der Waals surface area (Å²) in [6.07, 6.45) is 3.77. The van der Waals surface area contributed by atoms with Crippen molar-refractivity contribution in [2.45, 2.75) is 31.0 Å². The molecule has 0 bridgehead atoms. The predicted molar refractivity (Wildman–Crippen MR) is 81.1 cm³/mol. The van der Waals surface area contributed by atoms with Crippen LogP contribution in [0.5, 0.6) is 5.75 Å². The maximum Gasteiger partial charge on any atom is 0.153 e. The Morgan fingerprint density at radius 3 is 3.15 bits per heavy atom. The Kier molecular flexibility index (Phi) is 4.24. The molecule has 0 saturated carbocycles. The lowest BCUT2D eigenvalue weighted by Gasteiger charge is -2.37. The van der Waals surface area contributed by atoms with Crippen LogP contribution in [-0.2, 0) is 4.74 Å². The Hall–Kier alpha value is -0.710. The second-order valence-electron chi connectivity index (χ2n) is 5.37. The molecular weight excluding hydrogens is 296 g/mol. The van der Waals surface area contributed by atoms with Gasteiger partial charge in [0.25, 0.3) is 0 Å². The van der Waals surface area contributed by atoms with E-state index in [2.05, 4.69) is 0 Å². The van der Waals surface area contributed by atoms with Crippen molar-refractivity contribution in [2.24, 2.45) is 0 Å². The molecule has 1 spiro atoms. The monoisotopic (exact) mass is 312 g/mol. The SMILES string of the molecule is O=Cc1cc(Cl)ccc1OC1CCOC2(CCSC2)C1. The number of carbonyl (C=O) groups excluding carboxylic acids is 1. The molecule has 3 rings (SSSR count). The molecule has 108 valence electrons. The molecule has 20 heavy (non-hydrogen) atoms. The van der Waals surface area contributed by atoms with E-state index in [4.69, 9.17) is 21.1 Å². The second kappa shape index (κ2) is 5.96. The molecule has 2 aliphatic rings. The summed E-state index contributed by atoms with van der Waals surface area (Å²) >= 11 is 7.84. The minimum absolute atomic E-state index is 0.0125. The summed E-state index contributed by atoms with van der Waals surface area (Å²) in [6, 6.07) is 5.17. The van der Waals surface area contributed by atoms with E-state index in [1.165, 1.54) is 0 Å². The quantitative estimate of drug-likeness (QED) is 0.799. The van der Waals surface area contributed by atoms with Gasteiger partial charge in [-0.1, -0.05) is 11.6 Å². The van der Waals surface area contributed by atoms with Crippen molar-refractivity contribution in [3.05, 3.63) is 28.8 Å². The molecular formula is C15H17ClO3S. The first-order chi connectivity index (χ1) is 9.71. The zero-order valence-corrected chi connectivity index (χ0v) is 12.7. The zero-order chi connectivity index (χ0) is 14.0. The number of ether oxygens (including phenoxy) is 2. The van der Waals surface area contributed by atoms with Crippen molar-refractivity contribution in [1.29, 1.82) is 0 Å². The molecule has 0 amide bonds. The number of hydrogen-bond donors (Lipinski definition) is 0. The van der Waals surface area contributed by atoms with Crippen molar-refractivity contribution < 1.29 is 14.3 Å². The van der Waals surface area contributed by atoms with Crippen LogP contribution < -0.4 is 4.74 Å². The molecule has 2 unspecified atom stereocenters. The fourth-order valence-electron chi connectivity index (χ4n) is 2.85. The average molecular weight is 313 g/mol. The van der Waals surface area contributed by atoms with E-state index >= 15 is 0 Å². The fourth-order valence-corrected chi connectivity index (χ4v) is 4.40. The van der Waals surface area contributed by atoms with Gasteiger partial charge in [0.15, 0.2) is 6.29 Å². The lowest BCUT2D eigenvalue weighted by atomic mass is 9.91. The molecule has 2 fully saturated rings. The second-order valence-corrected chi connectivity index (χ2v) is 6.91. The van der Waals surface area contributed by atoms with E-state index in [1.807, 2.05) is 11.8 Å². The number of hydrogen-bond acceptors (Lipinski definition) is 4. The topological polar surface area (TPSA) is 35.5 Å². The van der Waals surface area contributed by atoms with Gasteiger partial charge >= 0.3 is 0 Å². The molecule has 0 aliphatic carbocycles. The highest BCUT2D eigenvalue weighted by Gasteiger charge is 2.41. The minimum Gasteiger partial charge on any atom is -0.489 e. The first-order valence-corrected chi connectivity index (χ1v) is 8.37. The van der Waals surface area contributed by atoms with Gasteiger partial charge in [-0.3, -0.25) is 4.79 Å². The third-order valence-corrected chi connectivity index (χ3v) is 5.37. The molecule has 0 radical (unpaired) electrons. The van der Waals surface area contributed by atoms with Crippen LogP contribution in [0.1, 0.15) is 29.6 Å². The Labute approximate surface area is 128 Å². The number of rotatable bonds is 3. The Morgan fingerprint density at radius 1 is 1.50 bits per heavy atom. The van der Waals surface area contributed by atoms with Crippen LogP contribution in [0.25, 0.3) is 0 Å². The normalized spacial score (nSPS) is 29.6. The lowest BCUT2D eigenvalue weighted by molar-refractivity contribution is -0.0959. The van der Waals surface area contributed by atoms with E-state index < -0.39 is 0 Å². The number of benzene rings is 1. The van der Waals surface area contributed by atoms with Crippen LogP contribution in [0.2, 0.25) is 5.02 Å². The smallest absolute Gasteiger partial charge is 0.153 e. The van der Waals surface area contributed by atoms with Gasteiger partial charge in [-0.25, -0.2) is 0 Å². The van der Waals surface area contributed by atoms with Gasteiger partial charge in [0.2, 0.25) is 0 Å². The number of aldehydes is 1. The van der Waals surface area contributed by atoms with Crippen molar-refractivity contribution in [3.63, 3.8) is 0 Å². The summed E-state index contributed by atoms with van der Waals surface area (Å²) < 4.78 is 12.0. The summed E-state index contributed by atoms with van der Waals surface area (Å²) in [6.45, 7) is 0.731. The van der Waals surface area contributed by atoms with E-state index in [0.29, 0.717) is 16.3 Å². The fraction of sp³-hybridized carbons (Fsp3) is 0.533. The number of halogens is 1. The third-order valence-electron chi connectivity index (χ3n) is 3.91. The molecule has 0 N–H and O–H groups in total. The molecule has 1 aromatic carbocycles. The lowest BCUT2D eigenvalue weighted by Crippen LogP contribution is -2.43. The van der Waals surface area contributed by atoms with Crippen molar-refractivity contribution in [2.75, 3.05) is 18.1 Å². The van der Waals surface area contributed by atoms with Crippen molar-refractivity contribution in [1.82, 2.24) is 0 Å². The van der Waals surface area contributed by atoms with Gasteiger partial charge in [0.1, 0.15) is 11.9 Å². The summed E-state index contributed by atoms with van der Waals surface area (Å²) in [7, 11) is 0. The zero-order valence-electron chi connectivity index (χ0n) is 11.1. The van der Waals surface area contributed by atoms with Gasteiger partial charge in [-0.15, -0.1) is 0 Å². The number of thioether (sulfide) groups is 1. The molecule has 3 nitrogen and oxygen atoms in total. The third kappa shape index (κ3) is 2.97. The van der Waals surface area contributed by atoms with E-state index in [0.717, 1.165) is 43.7 Å². The van der Waals surface area contributed by atoms with Gasteiger partial charge in [-0.2, -0.15) is 11.8 Å². The van der Waals surface area contributed by atoms with Gasteiger partial charge < -0.3 is 9.47 Å². The van der Waals surface area contributed by atoms with Crippen LogP contribution in [0.3, 0.4) is 0 Å². The highest BCUT2D eigenvalue weighted by molar-refractivity contribution is 7.99. The van der Waals surface area contributed by atoms with Crippen LogP contribution in [0, 0.1) is 0 Å². The van der Waals surface area contributed by atoms with E-state index in [1.54, 1.807) is 18.2 Å². The largest absolute Gasteiger partial charge is 0.489 e. The minimum atomic E-state index is -0.0125. The van der Waals surface area contributed by atoms with Crippen molar-refractivity contribution >= 4 is 29.6 Å². The highest BCUT2D eigenvalue weighted by Crippen LogP contribution is 2.39. The van der Waals surface area contributed by atoms with Gasteiger partial charge in [0, 0.05) is 23.6 Å². The maximum atomic E-state index is 11.1. The molecule has 2 atom stereocenters. The molecule has 5 heteroatoms. The van der Waals surface area contributed by atoms with Crippen LogP contribution in [0.15, 0.2) is 18.2 Å². The Morgan fingerprint density at radius 2 is 2.40 bits per heavy atom. The Balaban J connectivity index is 1.72. The number of carbonyl (C=O) groups is 1. The molecule has 2 aliphatic heterocycles. The summed E-state index contributed by atoms with van der Waals surface area (Å²) in [4.78, 5) is 11.1.